The van der Waals surface area contributed by atoms with Gasteiger partial charge in [-0.05, 0) is 32.1 Å². The van der Waals surface area contributed by atoms with Crippen LogP contribution in [0.15, 0.2) is 0 Å². The largest absolute Gasteiger partial charge is 0.469 e. The number of hydrogen-bond donors (Lipinski definition) is 1. The minimum Gasteiger partial charge on any atom is -0.469 e. The molecule has 0 saturated carbocycles. The van der Waals surface area contributed by atoms with Crippen molar-refractivity contribution in [2.45, 2.75) is 77.2 Å². The minimum absolute atomic E-state index is 0.113. The Labute approximate surface area is 190 Å². The summed E-state index contributed by atoms with van der Waals surface area (Å²) in [5.74, 6) is -1.70. The summed E-state index contributed by atoms with van der Waals surface area (Å²) in [5, 5.41) is 2.78. The first-order valence-electron chi connectivity index (χ1n) is 11.1. The van der Waals surface area contributed by atoms with Crippen LogP contribution in [0.5, 0.6) is 0 Å². The number of hydrogen-bond acceptors (Lipinski definition) is 8. The molecular weight excluding hydrogens is 420 g/mol. The van der Waals surface area contributed by atoms with E-state index in [1.54, 1.807) is 0 Å². The normalized spacial score (nSPS) is 11.2. The molecule has 2 amide bonds. The van der Waals surface area contributed by atoms with E-state index < -0.39 is 12.0 Å². The molecule has 0 fully saturated rings. The molecule has 184 valence electrons. The van der Waals surface area contributed by atoms with Gasteiger partial charge in [0.05, 0.1) is 21.3 Å². The number of methoxy groups -OCH3 is 3. The van der Waals surface area contributed by atoms with Gasteiger partial charge in [-0.1, -0.05) is 13.3 Å². The average Bonchev–Trinajstić information content (AvgIpc) is 2.79. The molecule has 0 bridgehead atoms. The van der Waals surface area contributed by atoms with E-state index in [2.05, 4.69) is 19.5 Å². The number of amides is 2. The van der Waals surface area contributed by atoms with Crippen LogP contribution < -0.4 is 5.32 Å². The molecule has 0 aromatic carbocycles. The lowest BCUT2D eigenvalue weighted by molar-refractivity contribution is -0.143. The van der Waals surface area contributed by atoms with E-state index in [1.807, 2.05) is 6.92 Å². The molecule has 0 aromatic heterocycles. The molecule has 1 atom stereocenters. The first-order chi connectivity index (χ1) is 15.3. The summed E-state index contributed by atoms with van der Waals surface area (Å²) in [4.78, 5) is 61.5. The van der Waals surface area contributed by atoms with Crippen molar-refractivity contribution in [1.82, 2.24) is 10.2 Å². The SMILES string of the molecule is CCCCN(C(=O)CCCC(=O)OC)C(CCCC(=O)OC)C(=O)NCCCC(=O)OC. The summed E-state index contributed by atoms with van der Waals surface area (Å²) >= 11 is 0. The molecular formula is C22H38N2O8. The first kappa shape index (κ1) is 29.4. The van der Waals surface area contributed by atoms with Gasteiger partial charge in [0.25, 0.3) is 0 Å². The zero-order valence-corrected chi connectivity index (χ0v) is 19.8. The maximum absolute atomic E-state index is 12.9. The minimum atomic E-state index is -0.755. The van der Waals surface area contributed by atoms with Gasteiger partial charge in [0.15, 0.2) is 0 Å². The Hall–Kier alpha value is -2.65. The highest BCUT2D eigenvalue weighted by Gasteiger charge is 2.29. The summed E-state index contributed by atoms with van der Waals surface area (Å²) in [6.07, 6.45) is 3.51. The Kier molecular flexibility index (Phi) is 16.5. The maximum atomic E-state index is 12.9. The van der Waals surface area contributed by atoms with E-state index in [9.17, 15) is 24.0 Å². The fraction of sp³-hybridized carbons (Fsp3) is 0.773. The second-order valence-corrected chi connectivity index (χ2v) is 7.33. The number of rotatable bonds is 17. The van der Waals surface area contributed by atoms with Gasteiger partial charge < -0.3 is 24.4 Å². The van der Waals surface area contributed by atoms with Crippen LogP contribution in [0.4, 0.5) is 0 Å². The van der Waals surface area contributed by atoms with Gasteiger partial charge in [-0.15, -0.1) is 0 Å². The van der Waals surface area contributed by atoms with Gasteiger partial charge in [-0.3, -0.25) is 24.0 Å². The lowest BCUT2D eigenvalue weighted by Gasteiger charge is -2.31. The van der Waals surface area contributed by atoms with E-state index in [4.69, 9.17) is 0 Å². The van der Waals surface area contributed by atoms with Crippen LogP contribution in [0.25, 0.3) is 0 Å². The van der Waals surface area contributed by atoms with E-state index in [0.29, 0.717) is 38.6 Å². The number of nitrogens with one attached hydrogen (secondary N) is 1. The Morgan fingerprint density at radius 2 is 1.28 bits per heavy atom. The van der Waals surface area contributed by atoms with Crippen molar-refractivity contribution >= 4 is 29.7 Å². The molecule has 0 aromatic rings. The van der Waals surface area contributed by atoms with Crippen molar-refractivity contribution in [3.05, 3.63) is 0 Å². The number of esters is 3. The lowest BCUT2D eigenvalue weighted by Crippen LogP contribution is -2.50. The van der Waals surface area contributed by atoms with E-state index in [0.717, 1.165) is 6.42 Å². The quantitative estimate of drug-likeness (QED) is 0.198. The van der Waals surface area contributed by atoms with E-state index in [-0.39, 0.29) is 56.0 Å². The first-order valence-corrected chi connectivity index (χ1v) is 11.1. The summed E-state index contributed by atoms with van der Waals surface area (Å²) < 4.78 is 13.8. The number of carbonyl (C=O) groups excluding carboxylic acids is 5. The van der Waals surface area contributed by atoms with Crippen molar-refractivity contribution < 1.29 is 38.2 Å². The lowest BCUT2D eigenvalue weighted by atomic mass is 10.0. The fourth-order valence-corrected chi connectivity index (χ4v) is 3.05. The van der Waals surface area contributed by atoms with Gasteiger partial charge in [-0.25, -0.2) is 0 Å². The molecule has 1 unspecified atom stereocenters. The third-order valence-electron chi connectivity index (χ3n) is 4.92. The second-order valence-electron chi connectivity index (χ2n) is 7.33. The number of unbranched alkanes of at least 4 members (excludes halogenated alkanes) is 1. The zero-order chi connectivity index (χ0) is 24.4. The smallest absolute Gasteiger partial charge is 0.305 e. The zero-order valence-electron chi connectivity index (χ0n) is 19.8. The second kappa shape index (κ2) is 18.0. The fourth-order valence-electron chi connectivity index (χ4n) is 3.05. The molecule has 0 spiro atoms. The van der Waals surface area contributed by atoms with Crippen molar-refractivity contribution in [2.75, 3.05) is 34.4 Å². The Morgan fingerprint density at radius 1 is 0.750 bits per heavy atom. The summed E-state index contributed by atoms with van der Waals surface area (Å²) in [7, 11) is 3.89. The molecule has 0 aliphatic rings. The molecule has 0 aliphatic heterocycles. The van der Waals surface area contributed by atoms with E-state index >= 15 is 0 Å². The predicted molar refractivity (Wildman–Crippen MR) is 116 cm³/mol. The summed E-state index contributed by atoms with van der Waals surface area (Å²) in [5.41, 5.74) is 0. The van der Waals surface area contributed by atoms with Gasteiger partial charge in [-0.2, -0.15) is 0 Å². The van der Waals surface area contributed by atoms with E-state index in [1.165, 1.54) is 26.2 Å². The van der Waals surface area contributed by atoms with Gasteiger partial charge in [0.2, 0.25) is 11.8 Å². The van der Waals surface area contributed by atoms with Crippen LogP contribution in [-0.4, -0.2) is 75.1 Å². The Balaban J connectivity index is 5.21. The van der Waals surface area contributed by atoms with Crippen LogP contribution >= 0.6 is 0 Å². The van der Waals surface area contributed by atoms with Crippen molar-refractivity contribution in [3.8, 4) is 0 Å². The van der Waals surface area contributed by atoms with Crippen molar-refractivity contribution in [1.29, 1.82) is 0 Å². The third kappa shape index (κ3) is 12.9. The van der Waals surface area contributed by atoms with Crippen LogP contribution in [0.1, 0.15) is 71.1 Å². The van der Waals surface area contributed by atoms with Gasteiger partial charge in [0.1, 0.15) is 6.04 Å². The van der Waals surface area contributed by atoms with Crippen LogP contribution in [0.3, 0.4) is 0 Å². The Morgan fingerprint density at radius 3 is 1.81 bits per heavy atom. The summed E-state index contributed by atoms with van der Waals surface area (Å²) in [6.45, 7) is 2.64. The highest BCUT2D eigenvalue weighted by Crippen LogP contribution is 2.15. The number of ether oxygens (including phenoxy) is 3. The topological polar surface area (TPSA) is 128 Å². The van der Waals surface area contributed by atoms with Crippen molar-refractivity contribution in [2.24, 2.45) is 0 Å². The molecule has 0 saturated heterocycles. The Bertz CT molecular complexity index is 609. The van der Waals surface area contributed by atoms with Crippen molar-refractivity contribution in [3.63, 3.8) is 0 Å². The van der Waals surface area contributed by atoms with Gasteiger partial charge >= 0.3 is 17.9 Å². The highest BCUT2D eigenvalue weighted by molar-refractivity contribution is 5.88. The highest BCUT2D eigenvalue weighted by atomic mass is 16.5. The molecule has 32 heavy (non-hydrogen) atoms. The standard InChI is InChI=1S/C22H38N2O8/c1-5-6-16-24(18(25)11-8-13-20(27)31-3)17(10-7-12-19(26)30-2)22(29)23-15-9-14-21(28)32-4/h17H,5-16H2,1-4H3,(H,23,29). The summed E-state index contributed by atoms with van der Waals surface area (Å²) in [6, 6.07) is -0.755. The van der Waals surface area contributed by atoms with Gasteiger partial charge in [0, 0.05) is 38.8 Å². The maximum Gasteiger partial charge on any atom is 0.305 e. The molecule has 0 rings (SSSR count). The average molecular weight is 459 g/mol. The predicted octanol–water partition coefficient (Wildman–Crippen LogP) is 1.74. The molecule has 0 radical (unpaired) electrons. The molecule has 10 heteroatoms. The third-order valence-corrected chi connectivity index (χ3v) is 4.92. The van der Waals surface area contributed by atoms with Crippen LogP contribution in [-0.2, 0) is 38.2 Å². The molecule has 10 nitrogen and oxygen atoms in total. The molecule has 0 heterocycles. The number of carbonyl (C=O) groups is 5. The van der Waals surface area contributed by atoms with Crippen LogP contribution in [0.2, 0.25) is 0 Å². The number of nitrogens with zero attached hydrogens (tertiary/aromatic N) is 1. The molecule has 0 aliphatic carbocycles. The monoisotopic (exact) mass is 458 g/mol. The molecule has 1 N–H and O–H groups in total. The van der Waals surface area contributed by atoms with Crippen LogP contribution in [0, 0.1) is 0 Å².